The van der Waals surface area contributed by atoms with Gasteiger partial charge in [0.2, 0.25) is 0 Å². The van der Waals surface area contributed by atoms with E-state index < -0.39 is 4.92 Å². The Kier molecular flexibility index (Phi) is 8.15. The lowest BCUT2D eigenvalue weighted by Gasteiger charge is -2.29. The standard InChI is InChI=1S/C17H19Cl2N2O3.BrH/c1-21(2,12-13-3-6-15(7-4-13)20(22)23)9-10-24-17-8-5-14(18)11-16(17)19;/h3-8,11H,9-10,12H2,1-2H3;1H/q+1;/p-1. The Morgan fingerprint density at radius 2 is 1.76 bits per heavy atom. The third-order valence-corrected chi connectivity index (χ3v) is 4.14. The summed E-state index contributed by atoms with van der Waals surface area (Å²) in [5, 5.41) is 11.7. The molecule has 25 heavy (non-hydrogen) atoms. The highest BCUT2D eigenvalue weighted by Gasteiger charge is 2.17. The van der Waals surface area contributed by atoms with E-state index in [0.717, 1.165) is 18.7 Å². The smallest absolute Gasteiger partial charge is 0.269 e. The molecule has 0 spiro atoms. The normalized spacial score (nSPS) is 10.9. The molecule has 0 radical (unpaired) electrons. The molecule has 0 heterocycles. The monoisotopic (exact) mass is 448 g/mol. The van der Waals surface area contributed by atoms with Gasteiger partial charge in [0.1, 0.15) is 25.4 Å². The molecule has 2 rings (SSSR count). The van der Waals surface area contributed by atoms with E-state index >= 15 is 0 Å². The van der Waals surface area contributed by atoms with Crippen LogP contribution in [-0.4, -0.2) is 36.7 Å². The molecular weight excluding hydrogens is 431 g/mol. The minimum absolute atomic E-state index is 0. The van der Waals surface area contributed by atoms with Crippen molar-refractivity contribution < 1.29 is 31.1 Å². The van der Waals surface area contributed by atoms with E-state index in [1.165, 1.54) is 12.1 Å². The number of ether oxygens (including phenoxy) is 1. The van der Waals surface area contributed by atoms with Crippen LogP contribution in [0, 0.1) is 10.1 Å². The first-order chi connectivity index (χ1) is 11.3. The predicted octanol–water partition coefficient (Wildman–Crippen LogP) is 1.56. The average Bonchev–Trinajstić information content (AvgIpc) is 2.49. The number of hydrogen-bond acceptors (Lipinski definition) is 3. The van der Waals surface area contributed by atoms with Gasteiger partial charge in [-0.05, 0) is 30.3 Å². The highest BCUT2D eigenvalue weighted by Crippen LogP contribution is 2.27. The number of nitrogens with zero attached hydrogens (tertiary/aromatic N) is 2. The molecule has 0 amide bonds. The molecule has 0 saturated carbocycles. The Hall–Kier alpha value is -1.34. The van der Waals surface area contributed by atoms with Crippen LogP contribution in [0.4, 0.5) is 5.69 Å². The van der Waals surface area contributed by atoms with Crippen molar-refractivity contribution in [3.8, 4) is 5.75 Å². The van der Waals surface area contributed by atoms with E-state index in [0.29, 0.717) is 26.9 Å². The second kappa shape index (κ2) is 9.38. The second-order valence-electron chi connectivity index (χ2n) is 6.16. The fourth-order valence-corrected chi connectivity index (χ4v) is 2.75. The van der Waals surface area contributed by atoms with Crippen LogP contribution in [0.25, 0.3) is 0 Å². The van der Waals surface area contributed by atoms with Gasteiger partial charge in [0.15, 0.2) is 0 Å². The third kappa shape index (κ3) is 6.82. The first kappa shape index (κ1) is 21.7. The number of rotatable bonds is 7. The number of quaternary nitrogens is 1. The Morgan fingerprint density at radius 1 is 1.12 bits per heavy atom. The van der Waals surface area contributed by atoms with E-state index in [1.807, 2.05) is 0 Å². The molecule has 0 saturated heterocycles. The molecule has 2 aromatic rings. The number of non-ortho nitro benzene ring substituents is 1. The summed E-state index contributed by atoms with van der Waals surface area (Å²) in [5.74, 6) is 0.608. The number of nitro benzene ring substituents is 1. The molecule has 0 atom stereocenters. The van der Waals surface area contributed by atoms with Crippen LogP contribution >= 0.6 is 23.2 Å². The van der Waals surface area contributed by atoms with Crippen molar-refractivity contribution in [2.75, 3.05) is 27.2 Å². The highest BCUT2D eigenvalue weighted by molar-refractivity contribution is 6.35. The molecule has 0 aliphatic rings. The summed E-state index contributed by atoms with van der Waals surface area (Å²) in [6.45, 7) is 2.01. The van der Waals surface area contributed by atoms with Crippen molar-refractivity contribution in [1.82, 2.24) is 0 Å². The van der Waals surface area contributed by atoms with Gasteiger partial charge in [-0.3, -0.25) is 10.1 Å². The number of nitro groups is 1. The van der Waals surface area contributed by atoms with Crippen LogP contribution in [0.3, 0.4) is 0 Å². The lowest BCUT2D eigenvalue weighted by atomic mass is 10.2. The fraction of sp³-hybridized carbons (Fsp3) is 0.294. The van der Waals surface area contributed by atoms with Crippen molar-refractivity contribution >= 4 is 28.9 Å². The molecule has 0 fully saturated rings. The first-order valence-electron chi connectivity index (χ1n) is 7.40. The maximum atomic E-state index is 10.7. The minimum Gasteiger partial charge on any atom is -1.00 e. The van der Waals surface area contributed by atoms with Gasteiger partial charge in [-0.25, -0.2) is 0 Å². The molecule has 0 bridgehead atoms. The first-order valence-corrected chi connectivity index (χ1v) is 8.16. The zero-order chi connectivity index (χ0) is 17.7. The van der Waals surface area contributed by atoms with Crippen LogP contribution in [0.1, 0.15) is 5.56 Å². The van der Waals surface area contributed by atoms with E-state index in [1.54, 1.807) is 30.3 Å². The summed E-state index contributed by atoms with van der Waals surface area (Å²) in [4.78, 5) is 10.3. The van der Waals surface area contributed by atoms with Gasteiger partial charge in [0, 0.05) is 22.7 Å². The van der Waals surface area contributed by atoms with Gasteiger partial charge >= 0.3 is 0 Å². The third-order valence-electron chi connectivity index (χ3n) is 3.61. The molecule has 0 aromatic heterocycles. The molecule has 0 unspecified atom stereocenters. The summed E-state index contributed by atoms with van der Waals surface area (Å²) >= 11 is 11.9. The Balaban J connectivity index is 0.00000312. The number of likely N-dealkylation sites (N-methyl/N-ethyl adjacent to an activating group) is 1. The molecule has 0 aliphatic carbocycles. The van der Waals surface area contributed by atoms with Crippen LogP contribution in [0.2, 0.25) is 10.0 Å². The summed E-state index contributed by atoms with van der Waals surface area (Å²) in [7, 11) is 4.16. The number of benzene rings is 2. The lowest BCUT2D eigenvalue weighted by molar-refractivity contribution is -0.903. The van der Waals surface area contributed by atoms with Crippen molar-refractivity contribution in [1.29, 1.82) is 0 Å². The summed E-state index contributed by atoms with van der Waals surface area (Å²) in [6.07, 6.45) is 0. The van der Waals surface area contributed by atoms with Crippen LogP contribution in [-0.2, 0) is 6.54 Å². The molecule has 0 aliphatic heterocycles. The molecular formula is C17H19BrCl2N2O3. The lowest BCUT2D eigenvalue weighted by Crippen LogP contribution is -3.00. The average molecular weight is 450 g/mol. The Bertz CT molecular complexity index is 724. The van der Waals surface area contributed by atoms with E-state index in [4.69, 9.17) is 27.9 Å². The van der Waals surface area contributed by atoms with Gasteiger partial charge in [-0.2, -0.15) is 0 Å². The van der Waals surface area contributed by atoms with Crippen LogP contribution in [0.5, 0.6) is 5.75 Å². The van der Waals surface area contributed by atoms with Crippen LogP contribution < -0.4 is 21.7 Å². The van der Waals surface area contributed by atoms with Gasteiger partial charge in [0.25, 0.3) is 5.69 Å². The zero-order valence-electron chi connectivity index (χ0n) is 13.9. The molecule has 0 N–H and O–H groups in total. The van der Waals surface area contributed by atoms with Gasteiger partial charge in [-0.15, -0.1) is 0 Å². The van der Waals surface area contributed by atoms with E-state index in [9.17, 15) is 10.1 Å². The molecule has 8 heteroatoms. The SMILES string of the molecule is C[N+](C)(CCOc1ccc(Cl)cc1Cl)Cc1ccc([N+](=O)[O-])cc1.[Br-]. The highest BCUT2D eigenvalue weighted by atomic mass is 79.9. The largest absolute Gasteiger partial charge is 1.00 e. The van der Waals surface area contributed by atoms with Crippen molar-refractivity contribution in [3.05, 3.63) is 68.2 Å². The fourth-order valence-electron chi connectivity index (χ4n) is 2.29. The Morgan fingerprint density at radius 3 is 2.32 bits per heavy atom. The molecule has 2 aromatic carbocycles. The summed E-state index contributed by atoms with van der Waals surface area (Å²) in [5.41, 5.74) is 1.14. The summed E-state index contributed by atoms with van der Waals surface area (Å²) in [6, 6.07) is 11.8. The zero-order valence-corrected chi connectivity index (χ0v) is 17.0. The van der Waals surface area contributed by atoms with Crippen molar-refractivity contribution in [3.63, 3.8) is 0 Å². The van der Waals surface area contributed by atoms with Crippen LogP contribution in [0.15, 0.2) is 42.5 Å². The van der Waals surface area contributed by atoms with E-state index in [2.05, 4.69) is 14.1 Å². The number of halogens is 3. The maximum Gasteiger partial charge on any atom is 0.269 e. The van der Waals surface area contributed by atoms with Gasteiger partial charge in [-0.1, -0.05) is 23.2 Å². The van der Waals surface area contributed by atoms with Gasteiger partial charge < -0.3 is 26.2 Å². The predicted molar refractivity (Wildman–Crippen MR) is 95.7 cm³/mol. The van der Waals surface area contributed by atoms with Gasteiger partial charge in [0.05, 0.1) is 24.0 Å². The Labute approximate surface area is 167 Å². The van der Waals surface area contributed by atoms with E-state index in [-0.39, 0.29) is 22.7 Å². The summed E-state index contributed by atoms with van der Waals surface area (Å²) < 4.78 is 6.40. The second-order valence-corrected chi connectivity index (χ2v) is 7.01. The van der Waals surface area contributed by atoms with Crippen molar-refractivity contribution in [2.45, 2.75) is 6.54 Å². The molecule has 136 valence electrons. The maximum absolute atomic E-state index is 10.7. The minimum atomic E-state index is -0.395. The topological polar surface area (TPSA) is 52.4 Å². The van der Waals surface area contributed by atoms with Crippen molar-refractivity contribution in [2.24, 2.45) is 0 Å². The molecule has 5 nitrogen and oxygen atoms in total. The quantitative estimate of drug-likeness (QED) is 0.366. The number of hydrogen-bond donors (Lipinski definition) is 0.